The molecule has 0 unspecified atom stereocenters. The predicted molar refractivity (Wildman–Crippen MR) is 83.4 cm³/mol. The van der Waals surface area contributed by atoms with Gasteiger partial charge in [-0.2, -0.15) is 0 Å². The highest BCUT2D eigenvalue weighted by molar-refractivity contribution is 5.95. The molecule has 1 aromatic heterocycles. The second kappa shape index (κ2) is 5.56. The van der Waals surface area contributed by atoms with Crippen molar-refractivity contribution >= 4 is 11.6 Å². The first-order chi connectivity index (χ1) is 10.2. The van der Waals surface area contributed by atoms with Crippen LogP contribution in [0.1, 0.15) is 34.5 Å². The molecule has 1 N–H and O–H groups in total. The highest BCUT2D eigenvalue weighted by Crippen LogP contribution is 2.25. The van der Waals surface area contributed by atoms with Crippen LogP contribution in [0.2, 0.25) is 0 Å². The molecule has 0 bridgehead atoms. The first kappa shape index (κ1) is 13.6. The standard InChI is InChI=1S/C17H19N3O/c1-12(13-5-8-18-9-6-13)20(2)17(21)15-3-4-16-14(11-15)7-10-19-16/h3-6,8-9,11-12,19H,7,10H2,1-2H3/t12-/m1/s1. The number of anilines is 1. The van der Waals surface area contributed by atoms with E-state index < -0.39 is 0 Å². The Kier molecular flexibility index (Phi) is 3.60. The fraction of sp³-hybridized carbons (Fsp3) is 0.294. The minimum atomic E-state index is 0.0203. The number of aromatic nitrogens is 1. The second-order valence-electron chi connectivity index (χ2n) is 5.42. The van der Waals surface area contributed by atoms with Crippen LogP contribution in [0.25, 0.3) is 0 Å². The Morgan fingerprint density at radius 3 is 2.81 bits per heavy atom. The number of hydrogen-bond donors (Lipinski definition) is 1. The molecule has 3 rings (SSSR count). The smallest absolute Gasteiger partial charge is 0.254 e. The molecular formula is C17H19N3O. The minimum Gasteiger partial charge on any atom is -0.384 e. The molecule has 0 saturated heterocycles. The van der Waals surface area contributed by atoms with E-state index in [2.05, 4.69) is 10.3 Å². The molecule has 0 aliphatic carbocycles. The summed E-state index contributed by atoms with van der Waals surface area (Å²) in [6.07, 6.45) is 4.50. The van der Waals surface area contributed by atoms with E-state index >= 15 is 0 Å². The third-order valence-electron chi connectivity index (χ3n) is 4.15. The lowest BCUT2D eigenvalue weighted by atomic mass is 10.1. The molecule has 108 valence electrons. The molecule has 1 atom stereocenters. The molecule has 21 heavy (non-hydrogen) atoms. The van der Waals surface area contributed by atoms with Gasteiger partial charge >= 0.3 is 0 Å². The number of nitrogens with one attached hydrogen (secondary N) is 1. The van der Waals surface area contributed by atoms with Gasteiger partial charge in [0.2, 0.25) is 0 Å². The Labute approximate surface area is 124 Å². The van der Waals surface area contributed by atoms with Gasteiger partial charge in [0.25, 0.3) is 5.91 Å². The first-order valence-electron chi connectivity index (χ1n) is 7.20. The van der Waals surface area contributed by atoms with Gasteiger partial charge in [-0.3, -0.25) is 9.78 Å². The number of amides is 1. The third-order valence-corrected chi connectivity index (χ3v) is 4.15. The maximum atomic E-state index is 12.6. The quantitative estimate of drug-likeness (QED) is 0.941. The van der Waals surface area contributed by atoms with E-state index in [1.165, 1.54) is 5.56 Å². The molecule has 0 radical (unpaired) electrons. The van der Waals surface area contributed by atoms with E-state index in [1.54, 1.807) is 17.3 Å². The summed E-state index contributed by atoms with van der Waals surface area (Å²) in [7, 11) is 1.85. The van der Waals surface area contributed by atoms with Gasteiger partial charge in [-0.25, -0.2) is 0 Å². The Morgan fingerprint density at radius 1 is 1.29 bits per heavy atom. The summed E-state index contributed by atoms with van der Waals surface area (Å²) < 4.78 is 0. The van der Waals surface area contributed by atoms with Crippen molar-refractivity contribution in [3.05, 3.63) is 59.4 Å². The van der Waals surface area contributed by atoms with Gasteiger partial charge in [0.15, 0.2) is 0 Å². The number of hydrogen-bond acceptors (Lipinski definition) is 3. The molecule has 1 aromatic carbocycles. The van der Waals surface area contributed by atoms with Crippen LogP contribution in [0.5, 0.6) is 0 Å². The van der Waals surface area contributed by atoms with Crippen molar-refractivity contribution in [2.75, 3.05) is 18.9 Å². The van der Waals surface area contributed by atoms with Gasteiger partial charge in [-0.05, 0) is 54.8 Å². The highest BCUT2D eigenvalue weighted by atomic mass is 16.2. The largest absolute Gasteiger partial charge is 0.384 e. The summed E-state index contributed by atoms with van der Waals surface area (Å²) >= 11 is 0. The van der Waals surface area contributed by atoms with Crippen molar-refractivity contribution in [1.82, 2.24) is 9.88 Å². The Morgan fingerprint density at radius 2 is 2.05 bits per heavy atom. The van der Waals surface area contributed by atoms with Crippen molar-refractivity contribution in [2.45, 2.75) is 19.4 Å². The molecule has 1 amide bonds. The van der Waals surface area contributed by atoms with Gasteiger partial charge in [-0.1, -0.05) is 0 Å². The second-order valence-corrected chi connectivity index (χ2v) is 5.42. The molecule has 1 aliphatic heterocycles. The van der Waals surface area contributed by atoms with E-state index in [1.807, 2.05) is 44.3 Å². The van der Waals surface area contributed by atoms with Crippen LogP contribution >= 0.6 is 0 Å². The van der Waals surface area contributed by atoms with Gasteiger partial charge in [0, 0.05) is 37.2 Å². The number of nitrogens with zero attached hydrogens (tertiary/aromatic N) is 2. The molecule has 1 aliphatic rings. The molecule has 0 spiro atoms. The number of pyridine rings is 1. The number of carbonyl (C=O) groups is 1. The average Bonchev–Trinajstić information content (AvgIpc) is 3.01. The average molecular weight is 281 g/mol. The van der Waals surface area contributed by atoms with Crippen LogP contribution < -0.4 is 5.32 Å². The Bertz CT molecular complexity index is 654. The van der Waals surface area contributed by atoms with E-state index in [-0.39, 0.29) is 11.9 Å². The Hall–Kier alpha value is -2.36. The summed E-state index contributed by atoms with van der Waals surface area (Å²) in [6.45, 7) is 2.98. The lowest BCUT2D eigenvalue weighted by Gasteiger charge is -2.25. The van der Waals surface area contributed by atoms with Crippen LogP contribution in [-0.2, 0) is 6.42 Å². The molecule has 2 aromatic rings. The van der Waals surface area contributed by atoms with Crippen LogP contribution in [0.15, 0.2) is 42.7 Å². The van der Waals surface area contributed by atoms with Crippen molar-refractivity contribution < 1.29 is 4.79 Å². The number of rotatable bonds is 3. The zero-order valence-electron chi connectivity index (χ0n) is 12.3. The number of benzene rings is 1. The first-order valence-corrected chi connectivity index (χ1v) is 7.20. The van der Waals surface area contributed by atoms with Gasteiger partial charge in [0.05, 0.1) is 6.04 Å². The summed E-state index contributed by atoms with van der Waals surface area (Å²) in [5.74, 6) is 0.0500. The zero-order valence-corrected chi connectivity index (χ0v) is 12.3. The summed E-state index contributed by atoms with van der Waals surface area (Å²) in [5.41, 5.74) is 4.21. The normalized spacial score (nSPS) is 14.2. The van der Waals surface area contributed by atoms with Crippen LogP contribution in [0.4, 0.5) is 5.69 Å². The molecule has 2 heterocycles. The summed E-state index contributed by atoms with van der Waals surface area (Å²) in [5, 5.41) is 3.31. The highest BCUT2D eigenvalue weighted by Gasteiger charge is 2.20. The fourth-order valence-corrected chi connectivity index (χ4v) is 2.68. The molecule has 4 heteroatoms. The van der Waals surface area contributed by atoms with Gasteiger partial charge < -0.3 is 10.2 Å². The topological polar surface area (TPSA) is 45.2 Å². The molecular weight excluding hydrogens is 262 g/mol. The van der Waals surface area contributed by atoms with Gasteiger partial charge in [-0.15, -0.1) is 0 Å². The minimum absolute atomic E-state index is 0.0203. The van der Waals surface area contributed by atoms with Gasteiger partial charge in [0.1, 0.15) is 0 Å². The van der Waals surface area contributed by atoms with E-state index in [4.69, 9.17) is 0 Å². The van der Waals surface area contributed by atoms with Crippen molar-refractivity contribution in [3.63, 3.8) is 0 Å². The third kappa shape index (κ3) is 2.61. The lowest BCUT2D eigenvalue weighted by molar-refractivity contribution is 0.0742. The van der Waals surface area contributed by atoms with Crippen molar-refractivity contribution in [2.24, 2.45) is 0 Å². The van der Waals surface area contributed by atoms with Crippen LogP contribution in [0, 0.1) is 0 Å². The van der Waals surface area contributed by atoms with E-state index in [9.17, 15) is 4.79 Å². The van der Waals surface area contributed by atoms with Crippen LogP contribution in [-0.4, -0.2) is 29.4 Å². The lowest BCUT2D eigenvalue weighted by Crippen LogP contribution is -2.29. The number of fused-ring (bicyclic) bond motifs is 1. The summed E-state index contributed by atoms with van der Waals surface area (Å²) in [6, 6.07) is 9.82. The monoisotopic (exact) mass is 281 g/mol. The van der Waals surface area contributed by atoms with E-state index in [0.29, 0.717) is 0 Å². The molecule has 0 fully saturated rings. The Balaban J connectivity index is 1.81. The summed E-state index contributed by atoms with van der Waals surface area (Å²) in [4.78, 5) is 18.4. The number of carbonyl (C=O) groups excluding carboxylic acids is 1. The van der Waals surface area contributed by atoms with Crippen molar-refractivity contribution in [1.29, 1.82) is 0 Å². The van der Waals surface area contributed by atoms with E-state index in [0.717, 1.165) is 29.8 Å². The predicted octanol–water partition coefficient (Wildman–Crippen LogP) is 2.88. The maximum Gasteiger partial charge on any atom is 0.254 e. The SMILES string of the molecule is C[C@H](c1ccncc1)N(C)C(=O)c1ccc2c(c1)CCN2. The fourth-order valence-electron chi connectivity index (χ4n) is 2.68. The molecule has 0 saturated carbocycles. The van der Waals surface area contributed by atoms with Crippen LogP contribution in [0.3, 0.4) is 0 Å². The molecule has 4 nitrogen and oxygen atoms in total. The zero-order chi connectivity index (χ0) is 14.8. The van der Waals surface area contributed by atoms with Crippen molar-refractivity contribution in [3.8, 4) is 0 Å². The maximum absolute atomic E-state index is 12.6.